The topological polar surface area (TPSA) is 29.1 Å². The maximum absolute atomic E-state index is 12.6. The third-order valence-corrected chi connectivity index (χ3v) is 6.10. The molecule has 0 aromatic heterocycles. The van der Waals surface area contributed by atoms with Crippen LogP contribution in [0.5, 0.6) is 0 Å². The Morgan fingerprint density at radius 1 is 0.893 bits per heavy atom. The summed E-state index contributed by atoms with van der Waals surface area (Å²) in [5.74, 6) is 0.854. The van der Waals surface area contributed by atoms with E-state index >= 15 is 0 Å². The van der Waals surface area contributed by atoms with E-state index in [1.165, 1.54) is 27.1 Å². The van der Waals surface area contributed by atoms with Gasteiger partial charge in [-0.2, -0.15) is 0 Å². The minimum atomic E-state index is -0.0385. The smallest absolute Gasteiger partial charge is 0.251 e. The molecule has 0 saturated heterocycles. The van der Waals surface area contributed by atoms with Crippen LogP contribution in [0.1, 0.15) is 51.1 Å². The van der Waals surface area contributed by atoms with Crippen molar-refractivity contribution in [3.05, 3.63) is 100 Å². The molecule has 2 nitrogen and oxygen atoms in total. The molecular weight excluding hydrogens is 362 g/mol. The van der Waals surface area contributed by atoms with Crippen molar-refractivity contribution in [1.82, 2.24) is 5.32 Å². The highest BCUT2D eigenvalue weighted by Gasteiger charge is 2.12. The van der Waals surface area contributed by atoms with Crippen LogP contribution in [0.2, 0.25) is 0 Å². The second kappa shape index (κ2) is 9.11. The van der Waals surface area contributed by atoms with E-state index in [0.29, 0.717) is 5.56 Å². The third kappa shape index (κ3) is 5.26. The van der Waals surface area contributed by atoms with Gasteiger partial charge in [0.05, 0.1) is 6.04 Å². The van der Waals surface area contributed by atoms with Crippen molar-refractivity contribution in [1.29, 1.82) is 0 Å². The second-order valence-corrected chi connectivity index (χ2v) is 8.39. The summed E-state index contributed by atoms with van der Waals surface area (Å²) in [6.07, 6.45) is 0. The predicted octanol–water partition coefficient (Wildman–Crippen LogP) is 6.40. The van der Waals surface area contributed by atoms with Gasteiger partial charge in [-0.25, -0.2) is 0 Å². The molecule has 0 fully saturated rings. The molecule has 1 N–H and O–H groups in total. The van der Waals surface area contributed by atoms with Crippen molar-refractivity contribution in [2.24, 2.45) is 0 Å². The van der Waals surface area contributed by atoms with Crippen LogP contribution < -0.4 is 5.32 Å². The maximum Gasteiger partial charge on any atom is 0.251 e. The first kappa shape index (κ1) is 20.2. The zero-order valence-corrected chi connectivity index (χ0v) is 17.8. The van der Waals surface area contributed by atoms with Crippen LogP contribution >= 0.6 is 11.8 Å². The monoisotopic (exact) mass is 389 g/mol. The highest BCUT2D eigenvalue weighted by molar-refractivity contribution is 7.98. The van der Waals surface area contributed by atoms with E-state index in [4.69, 9.17) is 0 Å². The number of aryl methyl sites for hydroxylation is 3. The molecule has 0 heterocycles. The van der Waals surface area contributed by atoms with E-state index in [9.17, 15) is 4.79 Å². The van der Waals surface area contributed by atoms with Crippen molar-refractivity contribution < 1.29 is 4.79 Å². The molecule has 1 atom stereocenters. The van der Waals surface area contributed by atoms with Gasteiger partial charge in [0.25, 0.3) is 5.91 Å². The Hall–Kier alpha value is -2.52. The molecular formula is C25H27NOS. The molecule has 0 radical (unpaired) electrons. The van der Waals surface area contributed by atoms with E-state index in [2.05, 4.69) is 68.6 Å². The summed E-state index contributed by atoms with van der Waals surface area (Å²) in [4.78, 5) is 13.8. The van der Waals surface area contributed by atoms with Gasteiger partial charge >= 0.3 is 0 Å². The lowest BCUT2D eigenvalue weighted by Crippen LogP contribution is -2.26. The van der Waals surface area contributed by atoms with E-state index < -0.39 is 0 Å². The summed E-state index contributed by atoms with van der Waals surface area (Å²) in [5, 5.41) is 3.10. The van der Waals surface area contributed by atoms with E-state index in [0.717, 1.165) is 11.3 Å². The van der Waals surface area contributed by atoms with Gasteiger partial charge in [-0.1, -0.05) is 48.0 Å². The average molecular weight is 390 g/mol. The molecule has 1 amide bonds. The average Bonchev–Trinajstić information content (AvgIpc) is 2.70. The van der Waals surface area contributed by atoms with Gasteiger partial charge in [-0.05, 0) is 74.2 Å². The zero-order valence-electron chi connectivity index (χ0n) is 17.0. The van der Waals surface area contributed by atoms with Crippen molar-refractivity contribution in [2.45, 2.75) is 44.4 Å². The minimum absolute atomic E-state index is 0.0245. The predicted molar refractivity (Wildman–Crippen MR) is 119 cm³/mol. The Morgan fingerprint density at radius 3 is 2.21 bits per heavy atom. The Kier molecular flexibility index (Phi) is 6.58. The van der Waals surface area contributed by atoms with E-state index in [1.807, 2.05) is 31.2 Å². The number of thioether (sulfide) groups is 1. The summed E-state index contributed by atoms with van der Waals surface area (Å²) >= 11 is 1.81. The number of rotatable bonds is 6. The Morgan fingerprint density at radius 2 is 1.57 bits per heavy atom. The number of hydrogen-bond donors (Lipinski definition) is 1. The van der Waals surface area contributed by atoms with Crippen LogP contribution in [0, 0.1) is 20.8 Å². The first-order valence-corrected chi connectivity index (χ1v) is 10.6. The van der Waals surface area contributed by atoms with Gasteiger partial charge in [0.1, 0.15) is 0 Å². The molecule has 28 heavy (non-hydrogen) atoms. The van der Waals surface area contributed by atoms with Crippen LogP contribution in [-0.2, 0) is 5.75 Å². The molecule has 0 unspecified atom stereocenters. The molecule has 0 spiro atoms. The maximum atomic E-state index is 12.6. The highest BCUT2D eigenvalue weighted by Crippen LogP contribution is 2.23. The summed E-state index contributed by atoms with van der Waals surface area (Å²) in [5.41, 5.74) is 6.82. The third-order valence-electron chi connectivity index (χ3n) is 5.02. The van der Waals surface area contributed by atoms with Crippen LogP contribution in [0.25, 0.3) is 0 Å². The first-order valence-electron chi connectivity index (χ1n) is 9.59. The first-order chi connectivity index (χ1) is 13.4. The lowest BCUT2D eigenvalue weighted by atomic mass is 10.0. The van der Waals surface area contributed by atoms with Crippen molar-refractivity contribution >= 4 is 17.7 Å². The van der Waals surface area contributed by atoms with Crippen molar-refractivity contribution in [3.8, 4) is 0 Å². The van der Waals surface area contributed by atoms with Gasteiger partial charge in [0.15, 0.2) is 0 Å². The molecule has 0 aliphatic heterocycles. The minimum Gasteiger partial charge on any atom is -0.346 e. The highest BCUT2D eigenvalue weighted by atomic mass is 32.2. The summed E-state index contributed by atoms with van der Waals surface area (Å²) < 4.78 is 0. The van der Waals surface area contributed by atoms with Gasteiger partial charge in [0, 0.05) is 16.2 Å². The Labute approximate surface area is 172 Å². The van der Waals surface area contributed by atoms with E-state index in [-0.39, 0.29) is 11.9 Å². The van der Waals surface area contributed by atoms with Crippen LogP contribution in [-0.4, -0.2) is 5.91 Å². The summed E-state index contributed by atoms with van der Waals surface area (Å²) in [6.45, 7) is 8.31. The molecule has 0 saturated carbocycles. The van der Waals surface area contributed by atoms with Gasteiger partial charge in [0.2, 0.25) is 0 Å². The number of hydrogen-bond acceptors (Lipinski definition) is 2. The quantitative estimate of drug-likeness (QED) is 0.495. The van der Waals surface area contributed by atoms with Crippen molar-refractivity contribution in [3.63, 3.8) is 0 Å². The van der Waals surface area contributed by atoms with E-state index in [1.54, 1.807) is 11.8 Å². The molecule has 0 bridgehead atoms. The zero-order chi connectivity index (χ0) is 20.1. The molecule has 3 heteroatoms. The van der Waals surface area contributed by atoms with Gasteiger partial charge in [-0.15, -0.1) is 11.8 Å². The van der Waals surface area contributed by atoms with Gasteiger partial charge in [-0.3, -0.25) is 4.79 Å². The number of benzene rings is 3. The number of nitrogens with one attached hydrogen (secondary N) is 1. The van der Waals surface area contributed by atoms with Crippen LogP contribution in [0.3, 0.4) is 0 Å². The number of amides is 1. The lowest BCUT2D eigenvalue weighted by Gasteiger charge is -2.16. The lowest BCUT2D eigenvalue weighted by molar-refractivity contribution is 0.0940. The number of carbonyl (C=O) groups excluding carboxylic acids is 1. The van der Waals surface area contributed by atoms with Gasteiger partial charge < -0.3 is 5.32 Å². The SMILES string of the molecule is Cc1ccc(SCc2ccc(C(=O)N[C@@H](C)c3ccc(C)c(C)c3)cc2)cc1. The molecule has 144 valence electrons. The fourth-order valence-electron chi connectivity index (χ4n) is 2.95. The number of carbonyl (C=O) groups is 1. The Bertz CT molecular complexity index is 945. The molecule has 0 aliphatic rings. The fourth-order valence-corrected chi connectivity index (χ4v) is 3.81. The Balaban J connectivity index is 1.58. The molecule has 0 aliphatic carbocycles. The molecule has 3 rings (SSSR count). The van der Waals surface area contributed by atoms with Crippen LogP contribution in [0.4, 0.5) is 0 Å². The summed E-state index contributed by atoms with van der Waals surface area (Å²) in [6, 6.07) is 22.8. The van der Waals surface area contributed by atoms with Crippen LogP contribution in [0.15, 0.2) is 71.6 Å². The standard InChI is InChI=1S/C25H27NOS/c1-17-5-13-24(14-6-17)28-16-21-8-11-22(12-9-21)25(27)26-20(4)23-10-7-18(2)19(3)15-23/h5-15,20H,16H2,1-4H3,(H,26,27)/t20-/m0/s1. The normalized spacial score (nSPS) is 11.9. The molecule has 3 aromatic carbocycles. The largest absolute Gasteiger partial charge is 0.346 e. The van der Waals surface area contributed by atoms with Crippen molar-refractivity contribution in [2.75, 3.05) is 0 Å². The summed E-state index contributed by atoms with van der Waals surface area (Å²) in [7, 11) is 0. The fraction of sp³-hybridized carbons (Fsp3) is 0.240. The molecule has 3 aromatic rings. The second-order valence-electron chi connectivity index (χ2n) is 7.34.